The van der Waals surface area contributed by atoms with Crippen molar-refractivity contribution in [2.45, 2.75) is 52.0 Å². The van der Waals surface area contributed by atoms with Gasteiger partial charge in [-0.25, -0.2) is 4.98 Å². The van der Waals surface area contributed by atoms with Crippen LogP contribution in [-0.2, 0) is 19.4 Å². The van der Waals surface area contributed by atoms with E-state index in [1.807, 2.05) is 0 Å². The highest BCUT2D eigenvalue weighted by atomic mass is 15.2. The summed E-state index contributed by atoms with van der Waals surface area (Å²) in [7, 11) is 0. The van der Waals surface area contributed by atoms with Gasteiger partial charge in [-0.05, 0) is 49.7 Å². The van der Waals surface area contributed by atoms with Crippen LogP contribution in [0.1, 0.15) is 49.4 Å². The minimum absolute atomic E-state index is 0.614. The lowest BCUT2D eigenvalue weighted by Crippen LogP contribution is -2.35. The Labute approximate surface area is 116 Å². The van der Waals surface area contributed by atoms with Crippen molar-refractivity contribution in [2.24, 2.45) is 11.7 Å². The highest BCUT2D eigenvalue weighted by Gasteiger charge is 2.23. The first-order valence-corrected chi connectivity index (χ1v) is 7.78. The third kappa shape index (κ3) is 2.48. The first kappa shape index (κ1) is 12.9. The second-order valence-corrected chi connectivity index (χ2v) is 5.97. The summed E-state index contributed by atoms with van der Waals surface area (Å²) >= 11 is 0. The maximum atomic E-state index is 5.94. The molecule has 0 aromatic carbocycles. The summed E-state index contributed by atoms with van der Waals surface area (Å²) in [6.07, 6.45) is 7.52. The maximum Gasteiger partial charge on any atom is 0.133 e. The Morgan fingerprint density at radius 1 is 1.32 bits per heavy atom. The minimum atomic E-state index is 0.614. The molecule has 0 bridgehead atoms. The van der Waals surface area contributed by atoms with Gasteiger partial charge in [-0.1, -0.05) is 13.3 Å². The van der Waals surface area contributed by atoms with Crippen LogP contribution in [-0.4, -0.2) is 18.1 Å². The number of piperidine rings is 1. The maximum absolute atomic E-state index is 5.94. The van der Waals surface area contributed by atoms with Gasteiger partial charge < -0.3 is 10.6 Å². The van der Waals surface area contributed by atoms with Gasteiger partial charge in [0.1, 0.15) is 5.82 Å². The third-order valence-electron chi connectivity index (χ3n) is 4.82. The molecule has 1 aromatic rings. The molecule has 1 saturated heterocycles. The SMILES string of the molecule is CCC1CCN(c2nc3c(cc2CN)CCC3)CC1. The Bertz CT molecular complexity index is 448. The molecule has 0 saturated carbocycles. The molecule has 0 radical (unpaired) electrons. The molecule has 3 rings (SSSR count). The zero-order chi connectivity index (χ0) is 13.2. The number of rotatable bonds is 3. The van der Waals surface area contributed by atoms with Crippen molar-refractivity contribution in [1.29, 1.82) is 0 Å². The molecule has 1 aliphatic heterocycles. The number of hydrogen-bond donors (Lipinski definition) is 1. The van der Waals surface area contributed by atoms with Crippen molar-refractivity contribution in [3.63, 3.8) is 0 Å². The lowest BCUT2D eigenvalue weighted by atomic mass is 9.94. The van der Waals surface area contributed by atoms with E-state index in [9.17, 15) is 0 Å². The number of fused-ring (bicyclic) bond motifs is 1. The van der Waals surface area contributed by atoms with Gasteiger partial charge in [0.25, 0.3) is 0 Å². The molecule has 104 valence electrons. The Morgan fingerprint density at radius 2 is 2.11 bits per heavy atom. The van der Waals surface area contributed by atoms with Crippen LogP contribution in [0.4, 0.5) is 5.82 Å². The molecule has 1 aromatic heterocycles. The van der Waals surface area contributed by atoms with Crippen LogP contribution in [0.25, 0.3) is 0 Å². The summed E-state index contributed by atoms with van der Waals surface area (Å²) < 4.78 is 0. The molecule has 2 aliphatic rings. The molecule has 1 aliphatic carbocycles. The highest BCUT2D eigenvalue weighted by molar-refractivity contribution is 5.51. The molecule has 2 heterocycles. The zero-order valence-corrected chi connectivity index (χ0v) is 12.0. The molecule has 3 heteroatoms. The Kier molecular flexibility index (Phi) is 3.74. The van der Waals surface area contributed by atoms with Gasteiger partial charge in [0.2, 0.25) is 0 Å². The number of nitrogens with zero attached hydrogens (tertiary/aromatic N) is 2. The molecule has 19 heavy (non-hydrogen) atoms. The zero-order valence-electron chi connectivity index (χ0n) is 12.0. The van der Waals surface area contributed by atoms with Crippen LogP contribution in [0.2, 0.25) is 0 Å². The topological polar surface area (TPSA) is 42.2 Å². The molecule has 0 spiro atoms. The van der Waals surface area contributed by atoms with Gasteiger partial charge in [0.15, 0.2) is 0 Å². The molecule has 0 unspecified atom stereocenters. The predicted octanol–water partition coefficient (Wildman–Crippen LogP) is 2.66. The van der Waals surface area contributed by atoms with Gasteiger partial charge in [0, 0.05) is 30.9 Å². The Balaban J connectivity index is 1.84. The fourth-order valence-corrected chi connectivity index (χ4v) is 3.49. The monoisotopic (exact) mass is 259 g/mol. The van der Waals surface area contributed by atoms with E-state index in [1.54, 1.807) is 0 Å². The van der Waals surface area contributed by atoms with Crippen LogP contribution in [0.5, 0.6) is 0 Å². The first-order chi connectivity index (χ1) is 9.31. The second-order valence-electron chi connectivity index (χ2n) is 5.97. The predicted molar refractivity (Wildman–Crippen MR) is 79.4 cm³/mol. The number of aryl methyl sites for hydroxylation is 2. The fraction of sp³-hybridized carbons (Fsp3) is 0.688. The average Bonchev–Trinajstić information content (AvgIpc) is 2.93. The van der Waals surface area contributed by atoms with E-state index in [2.05, 4.69) is 17.9 Å². The lowest BCUT2D eigenvalue weighted by Gasteiger charge is -2.33. The van der Waals surface area contributed by atoms with Crippen molar-refractivity contribution in [2.75, 3.05) is 18.0 Å². The number of nitrogens with two attached hydrogens (primary N) is 1. The van der Waals surface area contributed by atoms with Gasteiger partial charge in [-0.15, -0.1) is 0 Å². The van der Waals surface area contributed by atoms with Gasteiger partial charge >= 0.3 is 0 Å². The van der Waals surface area contributed by atoms with Crippen LogP contribution in [0.3, 0.4) is 0 Å². The second kappa shape index (κ2) is 5.49. The lowest BCUT2D eigenvalue weighted by molar-refractivity contribution is 0.393. The van der Waals surface area contributed by atoms with Gasteiger partial charge in [0.05, 0.1) is 0 Å². The van der Waals surface area contributed by atoms with E-state index in [0.717, 1.165) is 25.4 Å². The van der Waals surface area contributed by atoms with Crippen LogP contribution >= 0.6 is 0 Å². The fourth-order valence-electron chi connectivity index (χ4n) is 3.49. The van der Waals surface area contributed by atoms with E-state index in [0.29, 0.717) is 6.54 Å². The van der Waals surface area contributed by atoms with Crippen LogP contribution in [0.15, 0.2) is 6.07 Å². The molecule has 2 N–H and O–H groups in total. The number of anilines is 1. The van der Waals surface area contributed by atoms with Crippen molar-refractivity contribution in [3.05, 3.63) is 22.9 Å². The first-order valence-electron chi connectivity index (χ1n) is 7.78. The highest BCUT2D eigenvalue weighted by Crippen LogP contribution is 2.30. The molecular weight excluding hydrogens is 234 g/mol. The van der Waals surface area contributed by atoms with Crippen LogP contribution < -0.4 is 10.6 Å². The number of pyridine rings is 1. The number of aromatic nitrogens is 1. The average molecular weight is 259 g/mol. The van der Waals surface area contributed by atoms with Crippen molar-refractivity contribution in [1.82, 2.24) is 4.98 Å². The standard InChI is InChI=1S/C16H25N3/c1-2-12-6-8-19(9-7-12)16-14(11-17)10-13-4-3-5-15(13)18-16/h10,12H,2-9,11,17H2,1H3. The van der Waals surface area contributed by atoms with Gasteiger partial charge in [-0.3, -0.25) is 0 Å². The van der Waals surface area contributed by atoms with E-state index in [-0.39, 0.29) is 0 Å². The van der Waals surface area contributed by atoms with E-state index in [4.69, 9.17) is 10.7 Å². The van der Waals surface area contributed by atoms with E-state index >= 15 is 0 Å². The van der Waals surface area contributed by atoms with Crippen molar-refractivity contribution >= 4 is 5.82 Å². The summed E-state index contributed by atoms with van der Waals surface area (Å²) in [6.45, 7) is 5.22. The smallest absolute Gasteiger partial charge is 0.133 e. The number of hydrogen-bond acceptors (Lipinski definition) is 3. The Hall–Kier alpha value is -1.09. The largest absolute Gasteiger partial charge is 0.356 e. The summed E-state index contributed by atoms with van der Waals surface area (Å²) in [5.74, 6) is 2.09. The van der Waals surface area contributed by atoms with Crippen molar-refractivity contribution < 1.29 is 0 Å². The molecular formula is C16H25N3. The molecule has 0 amide bonds. The summed E-state index contributed by atoms with van der Waals surface area (Å²) in [4.78, 5) is 7.41. The summed E-state index contributed by atoms with van der Waals surface area (Å²) in [5.41, 5.74) is 9.95. The Morgan fingerprint density at radius 3 is 2.79 bits per heavy atom. The van der Waals surface area contributed by atoms with E-state index in [1.165, 1.54) is 54.7 Å². The summed E-state index contributed by atoms with van der Waals surface area (Å²) in [6, 6.07) is 2.32. The van der Waals surface area contributed by atoms with Crippen molar-refractivity contribution in [3.8, 4) is 0 Å². The minimum Gasteiger partial charge on any atom is -0.356 e. The third-order valence-corrected chi connectivity index (χ3v) is 4.82. The van der Waals surface area contributed by atoms with E-state index < -0.39 is 0 Å². The quantitative estimate of drug-likeness (QED) is 0.907. The molecule has 3 nitrogen and oxygen atoms in total. The molecule has 0 atom stereocenters. The summed E-state index contributed by atoms with van der Waals surface area (Å²) in [5, 5.41) is 0. The van der Waals surface area contributed by atoms with Gasteiger partial charge in [-0.2, -0.15) is 0 Å². The van der Waals surface area contributed by atoms with Crippen LogP contribution in [0, 0.1) is 5.92 Å². The normalized spacial score (nSPS) is 19.8. The molecule has 1 fully saturated rings.